The van der Waals surface area contributed by atoms with E-state index in [1.165, 1.54) is 0 Å². The lowest BCUT2D eigenvalue weighted by Crippen LogP contribution is -2.45. The summed E-state index contributed by atoms with van der Waals surface area (Å²) in [6.45, 7) is 3.91. The zero-order valence-electron chi connectivity index (χ0n) is 7.37. The molecule has 0 aromatic carbocycles. The highest BCUT2D eigenvalue weighted by Gasteiger charge is 2.56. The Bertz CT molecular complexity index is 222. The molecule has 2 fully saturated rings. The Hall–Kier alpha value is -0.570. The fourth-order valence-electron chi connectivity index (χ4n) is 2.34. The molecule has 0 aromatic rings. The molecule has 1 aliphatic heterocycles. The number of hydrogen-bond acceptors (Lipinski definition) is 3. The summed E-state index contributed by atoms with van der Waals surface area (Å²) in [7, 11) is 0. The number of hydrogen-bond donors (Lipinski definition) is 0. The van der Waals surface area contributed by atoms with E-state index in [0.717, 1.165) is 6.42 Å². The van der Waals surface area contributed by atoms with Crippen LogP contribution in [0, 0.1) is 11.3 Å². The Morgan fingerprint density at radius 3 is 2.75 bits per heavy atom. The Kier molecular flexibility index (Phi) is 1.49. The second kappa shape index (κ2) is 2.22. The van der Waals surface area contributed by atoms with E-state index in [4.69, 9.17) is 4.74 Å². The average Bonchev–Trinajstić information content (AvgIpc) is 2.65. The number of epoxide rings is 1. The lowest BCUT2D eigenvalue weighted by Gasteiger charge is -2.36. The van der Waals surface area contributed by atoms with Crippen molar-refractivity contribution in [1.29, 1.82) is 0 Å². The van der Waals surface area contributed by atoms with Gasteiger partial charge in [0.15, 0.2) is 0 Å². The second-order valence-corrected chi connectivity index (χ2v) is 4.37. The van der Waals surface area contributed by atoms with E-state index in [2.05, 4.69) is 0 Å². The molecule has 1 saturated heterocycles. The predicted molar refractivity (Wildman–Crippen MR) is 40.2 cm³/mol. The smallest absolute Gasteiger partial charge is 0.0898 e. The van der Waals surface area contributed by atoms with E-state index in [-0.39, 0.29) is 17.4 Å². The molecule has 0 N–H and O–H groups in total. The average molecular weight is 169 g/mol. The number of fused-ring (bicyclic) bond motifs is 1. The Morgan fingerprint density at radius 1 is 1.50 bits per heavy atom. The molecular formula is C9H13O3-. The van der Waals surface area contributed by atoms with Crippen LogP contribution in [0.25, 0.3) is 0 Å². The Balaban J connectivity index is 2.18. The molecule has 2 aliphatic rings. The van der Waals surface area contributed by atoms with Gasteiger partial charge in [-0.25, -0.2) is 0 Å². The minimum atomic E-state index is -0.922. The van der Waals surface area contributed by atoms with Crippen molar-refractivity contribution in [3.8, 4) is 0 Å². The monoisotopic (exact) mass is 169 g/mol. The van der Waals surface area contributed by atoms with Gasteiger partial charge in [-0.2, -0.15) is 0 Å². The van der Waals surface area contributed by atoms with Crippen LogP contribution in [-0.2, 0) is 9.53 Å². The van der Waals surface area contributed by atoms with Crippen molar-refractivity contribution in [2.45, 2.75) is 38.9 Å². The summed E-state index contributed by atoms with van der Waals surface area (Å²) in [4.78, 5) is 10.8. The Morgan fingerprint density at radius 2 is 2.17 bits per heavy atom. The molecule has 0 aromatic heterocycles. The molecule has 0 amide bonds. The van der Waals surface area contributed by atoms with Gasteiger partial charge >= 0.3 is 0 Å². The van der Waals surface area contributed by atoms with Gasteiger partial charge in [0, 0.05) is 17.3 Å². The summed E-state index contributed by atoms with van der Waals surface area (Å²) in [6, 6.07) is 0. The van der Waals surface area contributed by atoms with Crippen molar-refractivity contribution < 1.29 is 14.6 Å². The quantitative estimate of drug-likeness (QED) is 0.517. The van der Waals surface area contributed by atoms with Crippen molar-refractivity contribution in [1.82, 2.24) is 0 Å². The van der Waals surface area contributed by atoms with E-state index >= 15 is 0 Å². The van der Waals surface area contributed by atoms with Crippen LogP contribution in [0.5, 0.6) is 0 Å². The van der Waals surface area contributed by atoms with Gasteiger partial charge in [-0.1, -0.05) is 13.8 Å². The summed E-state index contributed by atoms with van der Waals surface area (Å²) >= 11 is 0. The van der Waals surface area contributed by atoms with Crippen molar-refractivity contribution in [2.75, 3.05) is 0 Å². The van der Waals surface area contributed by atoms with Crippen LogP contribution < -0.4 is 5.11 Å². The summed E-state index contributed by atoms with van der Waals surface area (Å²) in [5, 5.41) is 10.8. The van der Waals surface area contributed by atoms with Crippen LogP contribution >= 0.6 is 0 Å². The zero-order chi connectivity index (χ0) is 8.93. The van der Waals surface area contributed by atoms with Crippen LogP contribution in [0.15, 0.2) is 0 Å². The van der Waals surface area contributed by atoms with E-state index in [1.54, 1.807) is 0 Å². The maximum Gasteiger partial charge on any atom is 0.0898 e. The topological polar surface area (TPSA) is 52.7 Å². The minimum absolute atomic E-state index is 0.161. The predicted octanol–water partition coefficient (Wildman–Crippen LogP) is -0.0601. The van der Waals surface area contributed by atoms with Crippen molar-refractivity contribution in [3.05, 3.63) is 0 Å². The molecule has 0 spiro atoms. The molecule has 68 valence electrons. The van der Waals surface area contributed by atoms with E-state index < -0.39 is 5.97 Å². The normalized spacial score (nSPS) is 43.3. The largest absolute Gasteiger partial charge is 0.550 e. The molecule has 1 saturated carbocycles. The molecule has 2 rings (SSSR count). The maximum absolute atomic E-state index is 10.8. The first-order valence-electron chi connectivity index (χ1n) is 4.40. The highest BCUT2D eigenvalue weighted by atomic mass is 16.6. The van der Waals surface area contributed by atoms with Crippen LogP contribution in [-0.4, -0.2) is 18.2 Å². The van der Waals surface area contributed by atoms with Crippen LogP contribution in [0.2, 0.25) is 0 Å². The highest BCUT2D eigenvalue weighted by molar-refractivity contribution is 5.69. The summed E-state index contributed by atoms with van der Waals surface area (Å²) in [5.74, 6) is -1.25. The number of carbonyl (C=O) groups is 1. The van der Waals surface area contributed by atoms with E-state index in [0.29, 0.717) is 12.5 Å². The van der Waals surface area contributed by atoms with Gasteiger partial charge in [0.25, 0.3) is 0 Å². The van der Waals surface area contributed by atoms with Crippen LogP contribution in [0.3, 0.4) is 0 Å². The number of carboxylic acids is 1. The molecular weight excluding hydrogens is 156 g/mol. The molecule has 3 atom stereocenters. The zero-order valence-corrected chi connectivity index (χ0v) is 7.37. The maximum atomic E-state index is 10.8. The number of aliphatic carboxylic acids is 1. The van der Waals surface area contributed by atoms with Gasteiger partial charge in [0.2, 0.25) is 0 Å². The molecule has 3 heteroatoms. The first-order chi connectivity index (χ1) is 5.53. The lowest BCUT2D eigenvalue weighted by atomic mass is 9.69. The standard InChI is InChI=1S/C9H14O3/c1-9(2)5(8(10)11)3-4-6-7(9)12-6/h5-7H,3-4H2,1-2H3,(H,10,11)/p-1. The van der Waals surface area contributed by atoms with Gasteiger partial charge < -0.3 is 14.6 Å². The van der Waals surface area contributed by atoms with Crippen molar-refractivity contribution in [3.63, 3.8) is 0 Å². The van der Waals surface area contributed by atoms with Gasteiger partial charge in [0.05, 0.1) is 12.2 Å². The molecule has 1 heterocycles. The van der Waals surface area contributed by atoms with Gasteiger partial charge in [-0.3, -0.25) is 0 Å². The van der Waals surface area contributed by atoms with Crippen LogP contribution in [0.1, 0.15) is 26.7 Å². The van der Waals surface area contributed by atoms with Gasteiger partial charge in [0.1, 0.15) is 0 Å². The fourth-order valence-corrected chi connectivity index (χ4v) is 2.34. The van der Waals surface area contributed by atoms with Gasteiger partial charge in [-0.05, 0) is 12.8 Å². The van der Waals surface area contributed by atoms with E-state index in [9.17, 15) is 9.90 Å². The summed E-state index contributed by atoms with van der Waals surface area (Å²) in [6.07, 6.45) is 2.08. The number of ether oxygens (including phenoxy) is 1. The Labute approximate surface area is 71.7 Å². The molecule has 3 unspecified atom stereocenters. The van der Waals surface area contributed by atoms with Crippen molar-refractivity contribution in [2.24, 2.45) is 11.3 Å². The van der Waals surface area contributed by atoms with Crippen LogP contribution in [0.4, 0.5) is 0 Å². The third-order valence-electron chi connectivity index (χ3n) is 3.24. The number of carbonyl (C=O) groups excluding carboxylic acids is 1. The summed E-state index contributed by atoms with van der Waals surface area (Å²) < 4.78 is 5.38. The first-order valence-corrected chi connectivity index (χ1v) is 4.40. The first kappa shape index (κ1) is 8.05. The summed E-state index contributed by atoms with van der Waals surface area (Å²) in [5.41, 5.74) is -0.234. The molecule has 1 aliphatic carbocycles. The number of rotatable bonds is 1. The SMILES string of the molecule is CC1(C)C(C(=O)[O-])CCC2OC21. The van der Waals surface area contributed by atoms with Crippen molar-refractivity contribution >= 4 is 5.97 Å². The highest BCUT2D eigenvalue weighted by Crippen LogP contribution is 2.51. The number of carboxylic acid groups (broad SMARTS) is 1. The minimum Gasteiger partial charge on any atom is -0.550 e. The second-order valence-electron chi connectivity index (χ2n) is 4.37. The third kappa shape index (κ3) is 0.959. The lowest BCUT2D eigenvalue weighted by molar-refractivity contribution is -0.316. The fraction of sp³-hybridized carbons (Fsp3) is 0.889. The third-order valence-corrected chi connectivity index (χ3v) is 3.24. The molecule has 3 nitrogen and oxygen atoms in total. The van der Waals surface area contributed by atoms with E-state index in [1.807, 2.05) is 13.8 Å². The molecule has 0 bridgehead atoms. The van der Waals surface area contributed by atoms with Gasteiger partial charge in [-0.15, -0.1) is 0 Å². The molecule has 0 radical (unpaired) electrons. The molecule has 12 heavy (non-hydrogen) atoms.